The lowest BCUT2D eigenvalue weighted by molar-refractivity contribution is -0.153. The normalized spacial score (nSPS) is 40.6. The van der Waals surface area contributed by atoms with Crippen LogP contribution in [-0.4, -0.2) is 24.2 Å². The molecule has 0 aromatic heterocycles. The molecule has 2 aliphatic rings. The molecule has 0 unspecified atom stereocenters. The Morgan fingerprint density at radius 2 is 1.88 bits per heavy atom. The topological polar surface area (TPSA) is 63.6 Å². The van der Waals surface area contributed by atoms with Crippen LogP contribution in [0, 0.1) is 28.1 Å². The van der Waals surface area contributed by atoms with Gasteiger partial charge in [0.25, 0.3) is 0 Å². The van der Waals surface area contributed by atoms with Crippen molar-refractivity contribution >= 4 is 11.9 Å². The molecule has 0 aromatic rings. The third kappa shape index (κ3) is 3.28. The Kier molecular flexibility index (Phi) is 5.23. The van der Waals surface area contributed by atoms with Gasteiger partial charge in [0.05, 0.1) is 7.11 Å². The van der Waals surface area contributed by atoms with Crippen LogP contribution >= 0.6 is 0 Å². The van der Waals surface area contributed by atoms with Crippen LogP contribution in [0.4, 0.5) is 0 Å². The summed E-state index contributed by atoms with van der Waals surface area (Å²) in [6, 6.07) is 0. The van der Waals surface area contributed by atoms with Crippen molar-refractivity contribution in [3.05, 3.63) is 24.8 Å². The largest absolute Gasteiger partial charge is 0.478 e. The van der Waals surface area contributed by atoms with E-state index < -0.39 is 11.4 Å². The molecule has 0 aromatic carbocycles. The first-order chi connectivity index (χ1) is 11.5. The number of rotatable bonds is 5. The highest BCUT2D eigenvalue weighted by Gasteiger charge is 2.58. The first-order valence-corrected chi connectivity index (χ1v) is 9.15. The summed E-state index contributed by atoms with van der Waals surface area (Å²) in [5.41, 5.74) is -0.342. The average molecular weight is 348 g/mol. The number of carboxylic acids is 1. The van der Waals surface area contributed by atoms with Gasteiger partial charge in [-0.05, 0) is 54.8 Å². The van der Waals surface area contributed by atoms with Gasteiger partial charge in [-0.25, -0.2) is 4.79 Å². The molecule has 2 aliphatic carbocycles. The third-order valence-electron chi connectivity index (χ3n) is 7.50. The second-order valence-electron chi connectivity index (χ2n) is 8.84. The van der Waals surface area contributed by atoms with Crippen molar-refractivity contribution in [2.45, 2.75) is 59.3 Å². The fourth-order valence-corrected chi connectivity index (χ4v) is 5.42. The summed E-state index contributed by atoms with van der Waals surface area (Å²) in [6.07, 6.45) is 7.03. The van der Waals surface area contributed by atoms with Crippen LogP contribution in [0.2, 0.25) is 0 Å². The minimum Gasteiger partial charge on any atom is -0.478 e. The standard InChI is InChI=1S/C21H32O4/c1-7-19(3)10-11-21(5)15(13-19)8-9-20(4,14(2)18(23)24)16(21)12-17(22)25-6/h7,15-16H,1-2,8-13H2,3-6H3,(H,23,24)/t15-,16-,19-,20+,21-/m0/s1. The Bertz CT molecular complexity index is 595. The molecule has 140 valence electrons. The maximum absolute atomic E-state index is 12.1. The average Bonchev–Trinajstić information content (AvgIpc) is 2.58. The minimum absolute atomic E-state index is 0.0795. The van der Waals surface area contributed by atoms with E-state index in [1.807, 2.05) is 6.92 Å². The van der Waals surface area contributed by atoms with Crippen LogP contribution in [-0.2, 0) is 14.3 Å². The quantitative estimate of drug-likeness (QED) is 0.448. The lowest BCUT2D eigenvalue weighted by Gasteiger charge is -2.60. The van der Waals surface area contributed by atoms with E-state index in [9.17, 15) is 14.7 Å². The number of esters is 1. The number of allylic oxidation sites excluding steroid dienone is 1. The van der Waals surface area contributed by atoms with Crippen molar-refractivity contribution in [2.24, 2.45) is 28.1 Å². The number of hydrogen-bond acceptors (Lipinski definition) is 3. The highest BCUT2D eigenvalue weighted by Crippen LogP contribution is 2.65. The molecule has 0 bridgehead atoms. The summed E-state index contributed by atoms with van der Waals surface area (Å²) in [5.74, 6) is -0.864. The molecular formula is C21H32O4. The second kappa shape index (κ2) is 6.62. The molecule has 1 N–H and O–H groups in total. The van der Waals surface area contributed by atoms with Gasteiger partial charge in [-0.15, -0.1) is 6.58 Å². The number of carbonyl (C=O) groups excluding carboxylic acids is 1. The lowest BCUT2D eigenvalue weighted by Crippen LogP contribution is -2.54. The Morgan fingerprint density at radius 1 is 1.24 bits per heavy atom. The molecule has 25 heavy (non-hydrogen) atoms. The fourth-order valence-electron chi connectivity index (χ4n) is 5.42. The van der Waals surface area contributed by atoms with Crippen molar-refractivity contribution in [3.63, 3.8) is 0 Å². The molecule has 0 heterocycles. The summed E-state index contributed by atoms with van der Waals surface area (Å²) >= 11 is 0. The van der Waals surface area contributed by atoms with Gasteiger partial charge in [0.15, 0.2) is 0 Å². The molecule has 0 radical (unpaired) electrons. The zero-order valence-electron chi connectivity index (χ0n) is 16.1. The van der Waals surface area contributed by atoms with Gasteiger partial charge in [0, 0.05) is 17.4 Å². The van der Waals surface area contributed by atoms with Crippen LogP contribution in [0.3, 0.4) is 0 Å². The number of methoxy groups -OCH3 is 1. The molecule has 2 fully saturated rings. The summed E-state index contributed by atoms with van der Waals surface area (Å²) in [4.78, 5) is 23.8. The summed E-state index contributed by atoms with van der Waals surface area (Å²) in [6.45, 7) is 14.3. The maximum Gasteiger partial charge on any atom is 0.331 e. The number of hydrogen-bond donors (Lipinski definition) is 1. The molecule has 0 spiro atoms. The number of aliphatic carboxylic acids is 1. The van der Waals surface area contributed by atoms with Crippen molar-refractivity contribution in [3.8, 4) is 0 Å². The maximum atomic E-state index is 12.1. The van der Waals surface area contributed by atoms with Gasteiger partial charge < -0.3 is 9.84 Å². The van der Waals surface area contributed by atoms with E-state index in [2.05, 4.69) is 33.1 Å². The van der Waals surface area contributed by atoms with Gasteiger partial charge in [0.1, 0.15) is 0 Å². The lowest BCUT2D eigenvalue weighted by atomic mass is 9.44. The first kappa shape index (κ1) is 19.7. The number of carbonyl (C=O) groups is 2. The smallest absolute Gasteiger partial charge is 0.331 e. The molecule has 5 atom stereocenters. The van der Waals surface area contributed by atoms with Crippen molar-refractivity contribution in [2.75, 3.05) is 7.11 Å². The van der Waals surface area contributed by atoms with Gasteiger partial charge in [0.2, 0.25) is 0 Å². The van der Waals surface area contributed by atoms with E-state index >= 15 is 0 Å². The predicted molar refractivity (Wildman–Crippen MR) is 98.0 cm³/mol. The highest BCUT2D eigenvalue weighted by molar-refractivity contribution is 5.87. The van der Waals surface area contributed by atoms with Gasteiger partial charge in [-0.2, -0.15) is 0 Å². The van der Waals surface area contributed by atoms with E-state index in [4.69, 9.17) is 4.74 Å². The van der Waals surface area contributed by atoms with Gasteiger partial charge >= 0.3 is 11.9 Å². The molecule has 2 saturated carbocycles. The summed E-state index contributed by atoms with van der Waals surface area (Å²) in [5, 5.41) is 9.58. The van der Waals surface area contributed by atoms with Gasteiger partial charge in [-0.3, -0.25) is 4.79 Å². The fraction of sp³-hybridized carbons (Fsp3) is 0.714. The Balaban J connectivity index is 2.45. The molecule has 0 saturated heterocycles. The number of ether oxygens (including phenoxy) is 1. The van der Waals surface area contributed by atoms with E-state index in [1.165, 1.54) is 7.11 Å². The van der Waals surface area contributed by atoms with Gasteiger partial charge in [-0.1, -0.05) is 33.4 Å². The monoisotopic (exact) mass is 348 g/mol. The van der Waals surface area contributed by atoms with Crippen molar-refractivity contribution < 1.29 is 19.4 Å². The zero-order chi connectivity index (χ0) is 19.0. The third-order valence-corrected chi connectivity index (χ3v) is 7.50. The Morgan fingerprint density at radius 3 is 2.40 bits per heavy atom. The van der Waals surface area contributed by atoms with Crippen LogP contribution in [0.5, 0.6) is 0 Å². The van der Waals surface area contributed by atoms with Crippen LogP contribution < -0.4 is 0 Å². The number of fused-ring (bicyclic) bond motifs is 1. The van der Waals surface area contributed by atoms with Crippen LogP contribution in [0.1, 0.15) is 59.3 Å². The van der Waals surface area contributed by atoms with Crippen LogP contribution in [0.15, 0.2) is 24.8 Å². The molecular weight excluding hydrogens is 316 g/mol. The molecule has 4 nitrogen and oxygen atoms in total. The zero-order valence-corrected chi connectivity index (χ0v) is 16.1. The molecule has 4 heteroatoms. The Hall–Kier alpha value is -1.58. The highest BCUT2D eigenvalue weighted by atomic mass is 16.5. The summed E-state index contributed by atoms with van der Waals surface area (Å²) in [7, 11) is 1.39. The SMILES string of the molecule is C=C[C@@]1(C)CC[C@@]2(C)[C@@H](CC[C@](C)(C(=C)C(=O)O)[C@@H]2CC(=O)OC)C1. The molecule has 0 aliphatic heterocycles. The Labute approximate surface area is 151 Å². The molecule has 0 amide bonds. The first-order valence-electron chi connectivity index (χ1n) is 9.15. The van der Waals surface area contributed by atoms with E-state index in [-0.39, 0.29) is 34.7 Å². The van der Waals surface area contributed by atoms with Crippen molar-refractivity contribution in [1.29, 1.82) is 0 Å². The molecule has 2 rings (SSSR count). The summed E-state index contributed by atoms with van der Waals surface area (Å²) < 4.78 is 4.94. The number of carboxylic acid groups (broad SMARTS) is 1. The van der Waals surface area contributed by atoms with E-state index in [1.54, 1.807) is 0 Å². The van der Waals surface area contributed by atoms with Crippen LogP contribution in [0.25, 0.3) is 0 Å². The predicted octanol–water partition coefficient (Wildman–Crippen LogP) is 4.61. The minimum atomic E-state index is -0.967. The second-order valence-corrected chi connectivity index (χ2v) is 8.84. The van der Waals surface area contributed by atoms with E-state index in [0.717, 1.165) is 32.1 Å². The van der Waals surface area contributed by atoms with E-state index in [0.29, 0.717) is 5.92 Å². The van der Waals surface area contributed by atoms with Crippen molar-refractivity contribution in [1.82, 2.24) is 0 Å².